The summed E-state index contributed by atoms with van der Waals surface area (Å²) in [5, 5.41) is 10.6. The van der Waals surface area contributed by atoms with E-state index in [-0.39, 0.29) is 6.04 Å². The van der Waals surface area contributed by atoms with E-state index in [9.17, 15) is 9.90 Å². The molecule has 1 N–H and O–H groups in total. The average molecular weight is 449 g/mol. The van der Waals surface area contributed by atoms with E-state index >= 15 is 0 Å². The summed E-state index contributed by atoms with van der Waals surface area (Å²) in [6, 6.07) is 8.64. The van der Waals surface area contributed by atoms with Crippen molar-refractivity contribution in [3.8, 4) is 35.3 Å². The minimum absolute atomic E-state index is 0.302. The van der Waals surface area contributed by atoms with Gasteiger partial charge in [0.1, 0.15) is 11.5 Å². The van der Waals surface area contributed by atoms with Gasteiger partial charge >= 0.3 is 6.09 Å². The number of carbonyl (C=O) groups is 1. The smallest absolute Gasteiger partial charge is 0.412 e. The van der Waals surface area contributed by atoms with Crippen molar-refractivity contribution in [2.75, 3.05) is 19.1 Å². The van der Waals surface area contributed by atoms with E-state index in [1.54, 1.807) is 44.7 Å². The maximum atomic E-state index is 12.1. The Balaban J connectivity index is 2.04. The van der Waals surface area contributed by atoms with Crippen molar-refractivity contribution in [3.63, 3.8) is 0 Å². The highest BCUT2D eigenvalue weighted by Crippen LogP contribution is 2.39. The van der Waals surface area contributed by atoms with E-state index in [1.165, 1.54) is 4.90 Å². The molecule has 0 aliphatic rings. The molecule has 1 atom stereocenters. The van der Waals surface area contributed by atoms with Crippen LogP contribution < -0.4 is 19.1 Å². The van der Waals surface area contributed by atoms with Crippen molar-refractivity contribution >= 4 is 22.7 Å². The SMILES string of the molecule is C#CCC(CC)N(C(=O)O)c1ccc(Oc2ccnc3cc(OC)c(OC)cc23)c(C)c1C. The van der Waals surface area contributed by atoms with Crippen molar-refractivity contribution in [1.82, 2.24) is 4.98 Å². The molecule has 0 bridgehead atoms. The van der Waals surface area contributed by atoms with Gasteiger partial charge in [-0.25, -0.2) is 4.79 Å². The first-order chi connectivity index (χ1) is 15.9. The van der Waals surface area contributed by atoms with Crippen LogP contribution in [0.2, 0.25) is 0 Å². The van der Waals surface area contributed by atoms with Crippen LogP contribution in [0.1, 0.15) is 30.9 Å². The predicted molar refractivity (Wildman–Crippen MR) is 129 cm³/mol. The van der Waals surface area contributed by atoms with E-state index in [0.717, 1.165) is 16.5 Å². The zero-order chi connectivity index (χ0) is 24.1. The van der Waals surface area contributed by atoms with Gasteiger partial charge in [-0.3, -0.25) is 9.88 Å². The maximum Gasteiger partial charge on any atom is 0.412 e. The molecule has 172 valence electrons. The van der Waals surface area contributed by atoms with Gasteiger partial charge in [0.25, 0.3) is 0 Å². The van der Waals surface area contributed by atoms with Crippen molar-refractivity contribution in [3.05, 3.63) is 47.7 Å². The van der Waals surface area contributed by atoms with Crippen molar-refractivity contribution < 1.29 is 24.1 Å². The lowest BCUT2D eigenvalue weighted by Crippen LogP contribution is -2.39. The highest BCUT2D eigenvalue weighted by Gasteiger charge is 2.26. The molecule has 0 aliphatic carbocycles. The first-order valence-electron chi connectivity index (χ1n) is 10.6. The van der Waals surface area contributed by atoms with Crippen LogP contribution in [0.25, 0.3) is 10.9 Å². The van der Waals surface area contributed by atoms with Gasteiger partial charge in [0, 0.05) is 24.1 Å². The molecule has 0 radical (unpaired) electrons. The summed E-state index contributed by atoms with van der Waals surface area (Å²) in [6.07, 6.45) is 7.06. The lowest BCUT2D eigenvalue weighted by Gasteiger charge is -2.29. The maximum absolute atomic E-state index is 12.1. The minimum Gasteiger partial charge on any atom is -0.493 e. The van der Waals surface area contributed by atoms with Crippen LogP contribution in [0.15, 0.2) is 36.5 Å². The largest absolute Gasteiger partial charge is 0.493 e. The minimum atomic E-state index is -1.03. The van der Waals surface area contributed by atoms with Gasteiger partial charge in [-0.2, -0.15) is 0 Å². The summed E-state index contributed by atoms with van der Waals surface area (Å²) in [7, 11) is 3.15. The van der Waals surface area contributed by atoms with E-state index in [2.05, 4.69) is 10.9 Å². The van der Waals surface area contributed by atoms with Crippen LogP contribution >= 0.6 is 0 Å². The van der Waals surface area contributed by atoms with Crippen molar-refractivity contribution in [2.45, 2.75) is 39.7 Å². The molecule has 0 fully saturated rings. The Bertz CT molecular complexity index is 1220. The van der Waals surface area contributed by atoms with Crippen LogP contribution in [0.4, 0.5) is 10.5 Å². The number of hydrogen-bond donors (Lipinski definition) is 1. The first-order valence-corrected chi connectivity index (χ1v) is 10.6. The molecule has 0 saturated carbocycles. The third-order valence-corrected chi connectivity index (χ3v) is 5.79. The quantitative estimate of drug-likeness (QED) is 0.429. The number of methoxy groups -OCH3 is 2. The van der Waals surface area contributed by atoms with Gasteiger partial charge in [0.15, 0.2) is 11.5 Å². The zero-order valence-corrected chi connectivity index (χ0v) is 19.5. The Morgan fingerprint density at radius 3 is 2.39 bits per heavy atom. The fourth-order valence-electron chi connectivity index (χ4n) is 3.82. The second-order valence-electron chi connectivity index (χ2n) is 7.59. The summed E-state index contributed by atoms with van der Waals surface area (Å²) in [6.45, 7) is 5.72. The molecule has 0 aliphatic heterocycles. The van der Waals surface area contributed by atoms with Gasteiger partial charge in [-0.05, 0) is 55.7 Å². The number of rotatable bonds is 8. The summed E-state index contributed by atoms with van der Waals surface area (Å²) in [4.78, 5) is 17.8. The summed E-state index contributed by atoms with van der Waals surface area (Å²) in [5.41, 5.74) is 2.94. The third-order valence-electron chi connectivity index (χ3n) is 5.79. The highest BCUT2D eigenvalue weighted by molar-refractivity contribution is 5.89. The van der Waals surface area contributed by atoms with E-state index in [1.807, 2.05) is 26.8 Å². The molecular weight excluding hydrogens is 420 g/mol. The summed E-state index contributed by atoms with van der Waals surface area (Å²) < 4.78 is 17.1. The number of amides is 1. The topological polar surface area (TPSA) is 81.1 Å². The van der Waals surface area contributed by atoms with E-state index < -0.39 is 6.09 Å². The molecule has 7 heteroatoms. The van der Waals surface area contributed by atoms with Crippen LogP contribution in [0.3, 0.4) is 0 Å². The number of anilines is 1. The Hall–Kier alpha value is -3.92. The molecule has 33 heavy (non-hydrogen) atoms. The molecule has 0 saturated heterocycles. The monoisotopic (exact) mass is 448 g/mol. The number of nitrogens with zero attached hydrogens (tertiary/aromatic N) is 2. The number of terminal acetylenes is 1. The standard InChI is InChI=1S/C26H28N2O5/c1-7-9-18(8-2)28(26(29)30)21-10-11-22(17(4)16(21)3)33-23-12-13-27-20-15-25(32-6)24(31-5)14-19(20)23/h1,10-15,18H,8-9H2,2-6H3,(H,29,30). The third kappa shape index (κ3) is 4.65. The highest BCUT2D eigenvalue weighted by atomic mass is 16.5. The number of carboxylic acid groups (broad SMARTS) is 1. The molecule has 1 aromatic heterocycles. The molecule has 1 heterocycles. The van der Waals surface area contributed by atoms with Gasteiger partial charge < -0.3 is 19.3 Å². The van der Waals surface area contributed by atoms with E-state index in [4.69, 9.17) is 20.6 Å². The normalized spacial score (nSPS) is 11.5. The van der Waals surface area contributed by atoms with Crippen molar-refractivity contribution in [1.29, 1.82) is 0 Å². The Morgan fingerprint density at radius 2 is 1.79 bits per heavy atom. The molecule has 3 rings (SSSR count). The molecule has 1 amide bonds. The second-order valence-corrected chi connectivity index (χ2v) is 7.59. The first kappa shape index (κ1) is 23.7. The summed E-state index contributed by atoms with van der Waals surface area (Å²) >= 11 is 0. The number of benzene rings is 2. The zero-order valence-electron chi connectivity index (χ0n) is 19.5. The van der Waals surface area contributed by atoms with Crippen LogP contribution in [0.5, 0.6) is 23.0 Å². The number of ether oxygens (including phenoxy) is 3. The molecule has 2 aromatic carbocycles. The Morgan fingerprint density at radius 1 is 1.09 bits per heavy atom. The van der Waals surface area contributed by atoms with Gasteiger partial charge in [0.2, 0.25) is 0 Å². The molecule has 1 unspecified atom stereocenters. The average Bonchev–Trinajstić information content (AvgIpc) is 2.81. The van der Waals surface area contributed by atoms with E-state index in [0.29, 0.717) is 47.0 Å². The molecule has 3 aromatic rings. The van der Waals surface area contributed by atoms with Crippen LogP contribution in [-0.2, 0) is 0 Å². The van der Waals surface area contributed by atoms with Crippen LogP contribution in [-0.4, -0.2) is 36.4 Å². The predicted octanol–water partition coefficient (Wildman–Crippen LogP) is 5.95. The van der Waals surface area contributed by atoms with Crippen LogP contribution in [0, 0.1) is 26.2 Å². The fraction of sp³-hybridized carbons (Fsp3) is 0.308. The van der Waals surface area contributed by atoms with Crippen molar-refractivity contribution in [2.24, 2.45) is 0 Å². The molecule has 7 nitrogen and oxygen atoms in total. The number of hydrogen-bond acceptors (Lipinski definition) is 5. The van der Waals surface area contributed by atoms with Gasteiger partial charge in [-0.1, -0.05) is 6.92 Å². The Kier molecular flexibility index (Phi) is 7.29. The van der Waals surface area contributed by atoms with Gasteiger partial charge in [0.05, 0.1) is 31.5 Å². The summed E-state index contributed by atoms with van der Waals surface area (Å²) in [5.74, 6) is 4.96. The number of fused-ring (bicyclic) bond motifs is 1. The molecular formula is C26H28N2O5. The fourth-order valence-corrected chi connectivity index (χ4v) is 3.82. The second kappa shape index (κ2) is 10.1. The number of aromatic nitrogens is 1. The lowest BCUT2D eigenvalue weighted by atomic mass is 10.0. The number of pyridine rings is 1. The lowest BCUT2D eigenvalue weighted by molar-refractivity contribution is 0.198. The van der Waals surface area contributed by atoms with Gasteiger partial charge in [-0.15, -0.1) is 12.3 Å². The Labute approximate surface area is 193 Å². The molecule has 0 spiro atoms.